The molecule has 8 heteroatoms. The van der Waals surface area contributed by atoms with Crippen molar-refractivity contribution in [2.45, 2.75) is 46.5 Å². The molecule has 1 heterocycles. The Morgan fingerprint density at radius 3 is 2.31 bits per heavy atom. The SMILES string of the molecule is CC(=O)NCCCNc1cc(C)nc(NC(=O)Nc2ccc(C(C)(C)C)cc2)n1. The van der Waals surface area contributed by atoms with E-state index in [1.54, 1.807) is 6.07 Å². The smallest absolute Gasteiger partial charge is 0.326 e. The Kier molecular flexibility index (Phi) is 7.52. The molecule has 0 aliphatic heterocycles. The van der Waals surface area contributed by atoms with Crippen LogP contribution in [0.5, 0.6) is 0 Å². The number of hydrogen-bond donors (Lipinski definition) is 4. The molecular formula is C21H30N6O2. The number of nitrogens with zero attached hydrogens (tertiary/aromatic N) is 2. The van der Waals surface area contributed by atoms with Gasteiger partial charge in [0.15, 0.2) is 0 Å². The Bertz CT molecular complexity index is 843. The molecule has 0 unspecified atom stereocenters. The van der Waals surface area contributed by atoms with Gasteiger partial charge in [0.25, 0.3) is 0 Å². The summed E-state index contributed by atoms with van der Waals surface area (Å²) in [7, 11) is 0. The molecule has 0 fully saturated rings. The number of carbonyl (C=O) groups is 2. The molecule has 0 spiro atoms. The number of amides is 3. The van der Waals surface area contributed by atoms with Crippen molar-refractivity contribution in [3.05, 3.63) is 41.6 Å². The van der Waals surface area contributed by atoms with E-state index in [1.807, 2.05) is 31.2 Å². The van der Waals surface area contributed by atoms with Crippen LogP contribution in [0.15, 0.2) is 30.3 Å². The molecule has 29 heavy (non-hydrogen) atoms. The topological polar surface area (TPSA) is 108 Å². The Hall–Kier alpha value is -3.16. The number of aryl methyl sites for hydroxylation is 1. The van der Waals surface area contributed by atoms with Crippen LogP contribution in [0.1, 0.15) is 45.4 Å². The molecule has 0 saturated heterocycles. The van der Waals surface area contributed by atoms with Gasteiger partial charge in [0.05, 0.1) is 0 Å². The van der Waals surface area contributed by atoms with Gasteiger partial charge in [-0.3, -0.25) is 10.1 Å². The minimum Gasteiger partial charge on any atom is -0.370 e. The second-order valence-electron chi connectivity index (χ2n) is 7.89. The summed E-state index contributed by atoms with van der Waals surface area (Å²) < 4.78 is 0. The predicted molar refractivity (Wildman–Crippen MR) is 116 cm³/mol. The van der Waals surface area contributed by atoms with E-state index >= 15 is 0 Å². The van der Waals surface area contributed by atoms with Crippen LogP contribution in [0.3, 0.4) is 0 Å². The van der Waals surface area contributed by atoms with E-state index in [2.05, 4.69) is 52.0 Å². The van der Waals surface area contributed by atoms with Gasteiger partial charge in [-0.1, -0.05) is 32.9 Å². The van der Waals surface area contributed by atoms with Gasteiger partial charge in [0, 0.05) is 37.5 Å². The highest BCUT2D eigenvalue weighted by molar-refractivity contribution is 5.98. The van der Waals surface area contributed by atoms with Gasteiger partial charge in [-0.15, -0.1) is 0 Å². The van der Waals surface area contributed by atoms with Crippen LogP contribution in [-0.4, -0.2) is 35.0 Å². The zero-order valence-electron chi connectivity index (χ0n) is 17.7. The van der Waals surface area contributed by atoms with Crippen LogP contribution < -0.4 is 21.3 Å². The van der Waals surface area contributed by atoms with E-state index in [4.69, 9.17) is 0 Å². The minimum absolute atomic E-state index is 0.0478. The third-order valence-corrected chi connectivity index (χ3v) is 4.12. The molecular weight excluding hydrogens is 368 g/mol. The van der Waals surface area contributed by atoms with Crippen LogP contribution in [0.2, 0.25) is 0 Å². The summed E-state index contributed by atoms with van der Waals surface area (Å²) in [6, 6.07) is 9.14. The monoisotopic (exact) mass is 398 g/mol. The summed E-state index contributed by atoms with van der Waals surface area (Å²) in [5.74, 6) is 0.789. The minimum atomic E-state index is -0.407. The molecule has 3 amide bonds. The number of rotatable bonds is 7. The normalized spacial score (nSPS) is 10.9. The second kappa shape index (κ2) is 9.86. The summed E-state index contributed by atoms with van der Waals surface area (Å²) in [4.78, 5) is 31.7. The fraction of sp³-hybridized carbons (Fsp3) is 0.429. The molecule has 0 radical (unpaired) electrons. The maximum Gasteiger partial charge on any atom is 0.326 e. The number of urea groups is 1. The van der Waals surface area contributed by atoms with Gasteiger partial charge in [-0.25, -0.2) is 9.78 Å². The Morgan fingerprint density at radius 1 is 1.00 bits per heavy atom. The Morgan fingerprint density at radius 2 is 1.69 bits per heavy atom. The van der Waals surface area contributed by atoms with Crippen molar-refractivity contribution in [3.63, 3.8) is 0 Å². The number of anilines is 3. The van der Waals surface area contributed by atoms with Gasteiger partial charge in [0.2, 0.25) is 11.9 Å². The first-order valence-corrected chi connectivity index (χ1v) is 9.66. The standard InChI is InChI=1S/C21H30N6O2/c1-14-13-18(23-12-6-11-22-15(2)28)26-19(24-14)27-20(29)25-17-9-7-16(8-10-17)21(3,4)5/h7-10,13H,6,11-12H2,1-5H3,(H,22,28)(H3,23,24,25,26,27,29). The van der Waals surface area contributed by atoms with E-state index < -0.39 is 6.03 Å². The molecule has 0 aliphatic rings. The zero-order chi connectivity index (χ0) is 21.4. The summed E-state index contributed by atoms with van der Waals surface area (Å²) in [6.07, 6.45) is 0.760. The highest BCUT2D eigenvalue weighted by Crippen LogP contribution is 2.23. The highest BCUT2D eigenvalue weighted by atomic mass is 16.2. The first kappa shape index (κ1) is 22.1. The van der Waals surface area contributed by atoms with Crippen molar-refractivity contribution in [1.82, 2.24) is 15.3 Å². The molecule has 2 rings (SSSR count). The van der Waals surface area contributed by atoms with E-state index in [0.29, 0.717) is 24.6 Å². The highest BCUT2D eigenvalue weighted by Gasteiger charge is 2.13. The first-order chi connectivity index (χ1) is 13.6. The average molecular weight is 399 g/mol. The largest absolute Gasteiger partial charge is 0.370 e. The van der Waals surface area contributed by atoms with Crippen molar-refractivity contribution in [2.75, 3.05) is 29.0 Å². The molecule has 156 valence electrons. The van der Waals surface area contributed by atoms with Crippen LogP contribution in [0.4, 0.5) is 22.2 Å². The molecule has 1 aromatic heterocycles. The van der Waals surface area contributed by atoms with Gasteiger partial charge in [0.1, 0.15) is 5.82 Å². The number of nitrogens with one attached hydrogen (secondary N) is 4. The number of benzene rings is 1. The molecule has 8 nitrogen and oxygen atoms in total. The van der Waals surface area contributed by atoms with E-state index in [9.17, 15) is 9.59 Å². The van der Waals surface area contributed by atoms with E-state index in [1.165, 1.54) is 12.5 Å². The molecule has 4 N–H and O–H groups in total. The summed E-state index contributed by atoms with van der Waals surface area (Å²) in [5, 5.41) is 11.4. The molecule has 0 atom stereocenters. The fourth-order valence-electron chi connectivity index (χ4n) is 2.60. The van der Waals surface area contributed by atoms with Crippen molar-refractivity contribution < 1.29 is 9.59 Å². The number of hydrogen-bond acceptors (Lipinski definition) is 5. The van der Waals surface area contributed by atoms with Crippen molar-refractivity contribution in [3.8, 4) is 0 Å². The van der Waals surface area contributed by atoms with Crippen molar-refractivity contribution in [2.24, 2.45) is 0 Å². The molecule has 0 saturated carbocycles. The lowest BCUT2D eigenvalue weighted by Gasteiger charge is -2.19. The molecule has 0 bridgehead atoms. The Labute approximate surface area is 171 Å². The van der Waals surface area contributed by atoms with Gasteiger partial charge in [-0.05, 0) is 36.5 Å². The fourth-order valence-corrected chi connectivity index (χ4v) is 2.60. The lowest BCUT2D eigenvalue weighted by atomic mass is 9.87. The maximum absolute atomic E-state index is 12.3. The van der Waals surface area contributed by atoms with E-state index in [-0.39, 0.29) is 17.3 Å². The summed E-state index contributed by atoms with van der Waals surface area (Å²) in [6.45, 7) is 11.0. The molecule has 2 aromatic rings. The molecule has 1 aromatic carbocycles. The van der Waals surface area contributed by atoms with Gasteiger partial charge < -0.3 is 16.0 Å². The lowest BCUT2D eigenvalue weighted by Crippen LogP contribution is -2.23. The zero-order valence-corrected chi connectivity index (χ0v) is 17.7. The first-order valence-electron chi connectivity index (χ1n) is 9.66. The summed E-state index contributed by atoms with van der Waals surface area (Å²) in [5.41, 5.74) is 2.68. The lowest BCUT2D eigenvalue weighted by molar-refractivity contribution is -0.118. The predicted octanol–water partition coefficient (Wildman–Crippen LogP) is 3.66. The third kappa shape index (κ3) is 7.77. The van der Waals surface area contributed by atoms with Crippen molar-refractivity contribution in [1.29, 1.82) is 0 Å². The van der Waals surface area contributed by atoms with E-state index in [0.717, 1.165) is 12.1 Å². The summed E-state index contributed by atoms with van der Waals surface area (Å²) >= 11 is 0. The number of carbonyl (C=O) groups excluding carboxylic acids is 2. The average Bonchev–Trinajstić information content (AvgIpc) is 2.60. The Balaban J connectivity index is 1.90. The van der Waals surface area contributed by atoms with Crippen LogP contribution >= 0.6 is 0 Å². The van der Waals surface area contributed by atoms with Gasteiger partial charge in [-0.2, -0.15) is 4.98 Å². The van der Waals surface area contributed by atoms with Crippen LogP contribution in [0.25, 0.3) is 0 Å². The molecule has 0 aliphatic carbocycles. The number of aromatic nitrogens is 2. The van der Waals surface area contributed by atoms with Crippen molar-refractivity contribution >= 4 is 29.4 Å². The van der Waals surface area contributed by atoms with Crippen LogP contribution in [0, 0.1) is 6.92 Å². The van der Waals surface area contributed by atoms with Gasteiger partial charge >= 0.3 is 6.03 Å². The maximum atomic E-state index is 12.3. The second-order valence-corrected chi connectivity index (χ2v) is 7.89. The van der Waals surface area contributed by atoms with Crippen LogP contribution in [-0.2, 0) is 10.2 Å². The quantitative estimate of drug-likeness (QED) is 0.532. The third-order valence-electron chi connectivity index (χ3n) is 4.12.